The van der Waals surface area contributed by atoms with Crippen molar-refractivity contribution in [2.24, 2.45) is 5.92 Å². The Kier molecular flexibility index (Phi) is 5.25. The van der Waals surface area contributed by atoms with Crippen LogP contribution in [0.5, 0.6) is 0 Å². The third-order valence-corrected chi connectivity index (χ3v) is 3.60. The third-order valence-electron chi connectivity index (χ3n) is 3.60. The fourth-order valence-electron chi connectivity index (χ4n) is 2.74. The summed E-state index contributed by atoms with van der Waals surface area (Å²) in [5.41, 5.74) is -1.08. The SMILES string of the molecule is COC[C@]1(C)C[C@H](C(=O)N(C)C)CN1C(=O)OC(C)(C)C. The first-order valence-electron chi connectivity index (χ1n) is 7.21. The Hall–Kier alpha value is -1.30. The molecule has 6 heteroatoms. The molecular weight excluding hydrogens is 272 g/mol. The molecule has 0 aromatic rings. The van der Waals surface area contributed by atoms with Crippen molar-refractivity contribution in [1.29, 1.82) is 0 Å². The molecule has 21 heavy (non-hydrogen) atoms. The van der Waals surface area contributed by atoms with Gasteiger partial charge in [0.05, 0.1) is 18.1 Å². The Morgan fingerprint density at radius 3 is 2.33 bits per heavy atom. The number of carbonyl (C=O) groups is 2. The van der Waals surface area contributed by atoms with Gasteiger partial charge in [-0.2, -0.15) is 0 Å². The van der Waals surface area contributed by atoms with Crippen molar-refractivity contribution in [2.75, 3.05) is 34.4 Å². The highest BCUT2D eigenvalue weighted by atomic mass is 16.6. The highest BCUT2D eigenvalue weighted by Crippen LogP contribution is 2.35. The van der Waals surface area contributed by atoms with Crippen molar-refractivity contribution in [3.8, 4) is 0 Å². The van der Waals surface area contributed by atoms with E-state index < -0.39 is 17.2 Å². The van der Waals surface area contributed by atoms with Gasteiger partial charge in [0.15, 0.2) is 0 Å². The van der Waals surface area contributed by atoms with E-state index in [1.54, 1.807) is 31.0 Å². The van der Waals surface area contributed by atoms with Crippen LogP contribution in [0.4, 0.5) is 4.79 Å². The van der Waals surface area contributed by atoms with Gasteiger partial charge in [0, 0.05) is 27.7 Å². The molecule has 1 aliphatic rings. The number of likely N-dealkylation sites (tertiary alicyclic amines) is 1. The third kappa shape index (κ3) is 4.33. The number of hydrogen-bond acceptors (Lipinski definition) is 4. The van der Waals surface area contributed by atoms with E-state index in [0.29, 0.717) is 19.6 Å². The number of methoxy groups -OCH3 is 1. The van der Waals surface area contributed by atoms with Crippen LogP contribution in [0.15, 0.2) is 0 Å². The summed E-state index contributed by atoms with van der Waals surface area (Å²) in [6, 6.07) is 0. The predicted octanol–water partition coefficient (Wildman–Crippen LogP) is 1.74. The maximum atomic E-state index is 12.4. The Morgan fingerprint density at radius 2 is 1.90 bits per heavy atom. The van der Waals surface area contributed by atoms with Gasteiger partial charge in [-0.25, -0.2) is 4.79 Å². The summed E-state index contributed by atoms with van der Waals surface area (Å²) in [5.74, 6) is -0.184. The molecular formula is C15H28N2O4. The van der Waals surface area contributed by atoms with Crippen molar-refractivity contribution in [3.63, 3.8) is 0 Å². The van der Waals surface area contributed by atoms with Crippen molar-refractivity contribution in [3.05, 3.63) is 0 Å². The Labute approximate surface area is 127 Å². The lowest BCUT2D eigenvalue weighted by Crippen LogP contribution is -2.49. The zero-order valence-electron chi connectivity index (χ0n) is 14.2. The lowest BCUT2D eigenvalue weighted by atomic mass is 9.94. The predicted molar refractivity (Wildman–Crippen MR) is 80.0 cm³/mol. The molecule has 122 valence electrons. The zero-order chi connectivity index (χ0) is 16.4. The summed E-state index contributed by atoms with van der Waals surface area (Å²) in [5, 5.41) is 0. The van der Waals surface area contributed by atoms with Gasteiger partial charge in [-0.1, -0.05) is 0 Å². The van der Waals surface area contributed by atoms with E-state index in [9.17, 15) is 9.59 Å². The van der Waals surface area contributed by atoms with E-state index in [2.05, 4.69) is 0 Å². The van der Waals surface area contributed by atoms with Gasteiger partial charge >= 0.3 is 6.09 Å². The van der Waals surface area contributed by atoms with E-state index in [-0.39, 0.29) is 11.8 Å². The van der Waals surface area contributed by atoms with Crippen LogP contribution in [0.1, 0.15) is 34.1 Å². The van der Waals surface area contributed by atoms with E-state index in [1.807, 2.05) is 27.7 Å². The molecule has 0 aliphatic carbocycles. The molecule has 1 saturated heterocycles. The monoisotopic (exact) mass is 300 g/mol. The zero-order valence-corrected chi connectivity index (χ0v) is 14.2. The van der Waals surface area contributed by atoms with Crippen LogP contribution in [0, 0.1) is 5.92 Å². The number of nitrogens with zero attached hydrogens (tertiary/aromatic N) is 2. The molecule has 1 aliphatic heterocycles. The molecule has 1 heterocycles. The minimum absolute atomic E-state index is 0.0309. The number of carbonyl (C=O) groups excluding carboxylic acids is 2. The summed E-state index contributed by atoms with van der Waals surface area (Å²) >= 11 is 0. The van der Waals surface area contributed by atoms with Crippen LogP contribution in [-0.4, -0.2) is 67.3 Å². The smallest absolute Gasteiger partial charge is 0.410 e. The van der Waals surface area contributed by atoms with Crippen LogP contribution in [0.2, 0.25) is 0 Å². The van der Waals surface area contributed by atoms with Crippen LogP contribution < -0.4 is 0 Å². The summed E-state index contributed by atoms with van der Waals surface area (Å²) in [7, 11) is 5.05. The number of ether oxygens (including phenoxy) is 2. The number of amides is 2. The van der Waals surface area contributed by atoms with E-state index >= 15 is 0 Å². The standard InChI is InChI=1S/C15H28N2O4/c1-14(2,3)21-13(19)17-9-11(12(18)16(5)6)8-15(17,4)10-20-7/h11H,8-10H2,1-7H3/t11-,15-/m0/s1. The lowest BCUT2D eigenvalue weighted by Gasteiger charge is -2.35. The van der Waals surface area contributed by atoms with E-state index in [4.69, 9.17) is 9.47 Å². The molecule has 0 bridgehead atoms. The second-order valence-electron chi connectivity index (χ2n) is 7.15. The average molecular weight is 300 g/mol. The molecule has 6 nitrogen and oxygen atoms in total. The molecule has 0 aromatic heterocycles. The van der Waals surface area contributed by atoms with Crippen LogP contribution >= 0.6 is 0 Å². The first kappa shape index (κ1) is 17.8. The lowest BCUT2D eigenvalue weighted by molar-refractivity contribution is -0.132. The average Bonchev–Trinajstić information content (AvgIpc) is 2.64. The summed E-state index contributed by atoms with van der Waals surface area (Å²) in [6.07, 6.45) is 0.188. The van der Waals surface area contributed by atoms with Gasteiger partial charge in [0.25, 0.3) is 0 Å². The molecule has 0 radical (unpaired) electrons. The van der Waals surface area contributed by atoms with Gasteiger partial charge in [-0.05, 0) is 34.1 Å². The van der Waals surface area contributed by atoms with Crippen LogP contribution in [-0.2, 0) is 14.3 Å². The van der Waals surface area contributed by atoms with E-state index in [1.165, 1.54) is 0 Å². The van der Waals surface area contributed by atoms with Gasteiger partial charge in [0.1, 0.15) is 5.60 Å². The first-order valence-corrected chi connectivity index (χ1v) is 7.21. The molecule has 0 saturated carbocycles. The quantitative estimate of drug-likeness (QED) is 0.796. The largest absolute Gasteiger partial charge is 0.444 e. The molecule has 2 amide bonds. The van der Waals surface area contributed by atoms with Crippen molar-refractivity contribution >= 4 is 12.0 Å². The maximum absolute atomic E-state index is 12.4. The molecule has 2 atom stereocenters. The summed E-state index contributed by atoms with van der Waals surface area (Å²) in [6.45, 7) is 8.17. The van der Waals surface area contributed by atoms with Gasteiger partial charge in [0.2, 0.25) is 5.91 Å². The second kappa shape index (κ2) is 6.22. The molecule has 0 spiro atoms. The molecule has 1 rings (SSSR count). The fourth-order valence-corrected chi connectivity index (χ4v) is 2.74. The second-order valence-corrected chi connectivity index (χ2v) is 7.15. The molecule has 0 N–H and O–H groups in total. The first-order chi connectivity index (χ1) is 9.50. The highest BCUT2D eigenvalue weighted by Gasteiger charge is 2.48. The van der Waals surface area contributed by atoms with Crippen molar-refractivity contribution < 1.29 is 19.1 Å². The molecule has 0 aromatic carbocycles. The van der Waals surface area contributed by atoms with Gasteiger partial charge in [-0.3, -0.25) is 9.69 Å². The van der Waals surface area contributed by atoms with E-state index in [0.717, 1.165) is 0 Å². The van der Waals surface area contributed by atoms with Gasteiger partial charge in [-0.15, -0.1) is 0 Å². The normalized spacial score (nSPS) is 25.9. The fraction of sp³-hybridized carbons (Fsp3) is 0.867. The van der Waals surface area contributed by atoms with Crippen LogP contribution in [0.25, 0.3) is 0 Å². The summed E-state index contributed by atoms with van der Waals surface area (Å²) < 4.78 is 10.7. The highest BCUT2D eigenvalue weighted by molar-refractivity contribution is 5.81. The van der Waals surface area contributed by atoms with Crippen LogP contribution in [0.3, 0.4) is 0 Å². The molecule has 1 fully saturated rings. The Balaban J connectivity index is 2.93. The Morgan fingerprint density at radius 1 is 1.33 bits per heavy atom. The summed E-state index contributed by atoms with van der Waals surface area (Å²) in [4.78, 5) is 27.8. The minimum atomic E-state index is -0.561. The minimum Gasteiger partial charge on any atom is -0.444 e. The maximum Gasteiger partial charge on any atom is 0.410 e. The number of rotatable bonds is 3. The van der Waals surface area contributed by atoms with Crippen molar-refractivity contribution in [1.82, 2.24) is 9.80 Å². The Bertz CT molecular complexity index is 403. The van der Waals surface area contributed by atoms with Crippen molar-refractivity contribution in [2.45, 2.75) is 45.3 Å². The number of hydrogen-bond donors (Lipinski definition) is 0. The molecule has 0 unspecified atom stereocenters. The topological polar surface area (TPSA) is 59.1 Å². The van der Waals surface area contributed by atoms with Gasteiger partial charge < -0.3 is 14.4 Å².